The summed E-state index contributed by atoms with van der Waals surface area (Å²) in [5.41, 5.74) is 0.604. The number of rotatable bonds is 1. The van der Waals surface area contributed by atoms with E-state index < -0.39 is 0 Å². The van der Waals surface area contributed by atoms with Gasteiger partial charge in [0.2, 0.25) is 0 Å². The molecule has 9 heavy (non-hydrogen) atoms. The number of hydrogen-bond acceptors (Lipinski definition) is 1. The smallest absolute Gasteiger partial charge is 0.376 e. The zero-order valence-electron chi connectivity index (χ0n) is 4.61. The molecular weight excluding hydrogens is 159 g/mol. The molecule has 0 bridgehead atoms. The van der Waals surface area contributed by atoms with Gasteiger partial charge in [-0.15, -0.1) is 12.1 Å². The minimum atomic E-state index is 0. The van der Waals surface area contributed by atoms with Crippen LogP contribution in [0.3, 0.4) is 0 Å². The van der Waals surface area contributed by atoms with Crippen LogP contribution in [0.1, 0.15) is 5.56 Å². The van der Waals surface area contributed by atoms with E-state index in [-0.39, 0.29) is 16.5 Å². The molecule has 1 nitrogen and oxygen atoms in total. The molecule has 0 aromatic heterocycles. The third kappa shape index (κ3) is 2.43. The van der Waals surface area contributed by atoms with Gasteiger partial charge in [-0.05, 0) is 0 Å². The Morgan fingerprint density at radius 3 is 2.00 bits per heavy atom. The molecule has 0 aliphatic rings. The van der Waals surface area contributed by atoms with Crippen LogP contribution in [0, 0.1) is 0 Å². The Morgan fingerprint density at radius 1 is 1.11 bits per heavy atom. The second-order valence-electron chi connectivity index (χ2n) is 1.47. The van der Waals surface area contributed by atoms with Crippen molar-refractivity contribution in [2.45, 2.75) is 0 Å². The van der Waals surface area contributed by atoms with Crippen molar-refractivity contribution in [3.05, 3.63) is 35.9 Å². The van der Waals surface area contributed by atoms with Crippen molar-refractivity contribution in [3.8, 4) is 0 Å². The fourth-order valence-corrected chi connectivity index (χ4v) is 0.506. The summed E-state index contributed by atoms with van der Waals surface area (Å²) in [5, 5.41) is 0. The molecule has 0 N–H and O–H groups in total. The molecule has 0 aliphatic heterocycles. The fraction of sp³-hybridized carbons (Fsp3) is 0. The van der Waals surface area contributed by atoms with Gasteiger partial charge in [-0.3, -0.25) is 0 Å². The Bertz CT molecular complexity index is 172. The van der Waals surface area contributed by atoms with Gasteiger partial charge in [-0.2, -0.15) is 17.7 Å². The van der Waals surface area contributed by atoms with Gasteiger partial charge >= 0.3 is 16.5 Å². The molecule has 0 radical (unpaired) electrons. The summed E-state index contributed by atoms with van der Waals surface area (Å²) in [6, 6.07) is 8.90. The van der Waals surface area contributed by atoms with E-state index in [1.54, 1.807) is 30.6 Å². The van der Waals surface area contributed by atoms with E-state index in [0.717, 1.165) is 0 Å². The largest absolute Gasteiger partial charge is 2.00 e. The SMILES string of the molecule is O=[C-]c1ccccc1.[Ni+2]. The summed E-state index contributed by atoms with van der Waals surface area (Å²) in [7, 11) is 0. The normalized spacial score (nSPS) is 7.56. The molecule has 0 spiro atoms. The van der Waals surface area contributed by atoms with E-state index in [4.69, 9.17) is 0 Å². The van der Waals surface area contributed by atoms with Gasteiger partial charge in [0, 0.05) is 0 Å². The first-order chi connectivity index (χ1) is 3.93. The average molecular weight is 164 g/mol. The summed E-state index contributed by atoms with van der Waals surface area (Å²) < 4.78 is 0. The maximum Gasteiger partial charge on any atom is 2.00 e. The van der Waals surface area contributed by atoms with Crippen LogP contribution in [0.4, 0.5) is 0 Å². The monoisotopic (exact) mass is 163 g/mol. The summed E-state index contributed by atoms with van der Waals surface area (Å²) in [6.07, 6.45) is 1.78. The molecule has 0 saturated carbocycles. The molecule has 0 atom stereocenters. The van der Waals surface area contributed by atoms with E-state index in [1.165, 1.54) is 0 Å². The van der Waals surface area contributed by atoms with E-state index in [2.05, 4.69) is 0 Å². The first kappa shape index (κ1) is 8.38. The Kier molecular flexibility index (Phi) is 3.99. The molecular formula is C7H5NiO+. The molecule has 0 amide bonds. The number of carbonyl (C=O) groups excluding carboxylic acids is 1. The molecule has 0 fully saturated rings. The molecule has 0 unspecified atom stereocenters. The number of hydrogen-bond donors (Lipinski definition) is 0. The van der Waals surface area contributed by atoms with Gasteiger partial charge in [0.1, 0.15) is 0 Å². The van der Waals surface area contributed by atoms with E-state index in [0.29, 0.717) is 5.56 Å². The molecule has 0 saturated heterocycles. The Hall–Kier alpha value is -0.616. The van der Waals surface area contributed by atoms with Crippen molar-refractivity contribution >= 4 is 6.29 Å². The second-order valence-corrected chi connectivity index (χ2v) is 1.47. The predicted molar refractivity (Wildman–Crippen MR) is 31.2 cm³/mol. The minimum Gasteiger partial charge on any atom is -0.376 e. The Morgan fingerprint density at radius 2 is 1.67 bits per heavy atom. The molecule has 0 aliphatic carbocycles. The molecule has 1 aromatic rings. The van der Waals surface area contributed by atoms with Gasteiger partial charge in [0.05, 0.1) is 6.29 Å². The summed E-state index contributed by atoms with van der Waals surface area (Å²) in [6.45, 7) is 0. The zero-order chi connectivity index (χ0) is 5.82. The van der Waals surface area contributed by atoms with E-state index in [9.17, 15) is 4.79 Å². The molecule has 1 rings (SSSR count). The van der Waals surface area contributed by atoms with E-state index in [1.807, 2.05) is 6.07 Å². The molecule has 2 heteroatoms. The van der Waals surface area contributed by atoms with Crippen LogP contribution in [-0.2, 0) is 21.3 Å². The van der Waals surface area contributed by atoms with Crippen LogP contribution in [0.5, 0.6) is 0 Å². The summed E-state index contributed by atoms with van der Waals surface area (Å²) in [5.74, 6) is 0. The minimum absolute atomic E-state index is 0. The molecule has 1 aromatic carbocycles. The second kappa shape index (κ2) is 4.28. The van der Waals surface area contributed by atoms with Crippen molar-refractivity contribution in [2.24, 2.45) is 0 Å². The number of benzene rings is 1. The fourth-order valence-electron chi connectivity index (χ4n) is 0.506. The summed E-state index contributed by atoms with van der Waals surface area (Å²) in [4.78, 5) is 9.88. The standard InChI is InChI=1S/C7H5O.Ni/c8-6-7-4-2-1-3-5-7;/h1-5H;/q-1;+2. The van der Waals surface area contributed by atoms with Crippen LogP contribution < -0.4 is 0 Å². The predicted octanol–water partition coefficient (Wildman–Crippen LogP) is 1.14. The van der Waals surface area contributed by atoms with Gasteiger partial charge in [0.15, 0.2) is 0 Å². The zero-order valence-corrected chi connectivity index (χ0v) is 5.60. The summed E-state index contributed by atoms with van der Waals surface area (Å²) >= 11 is 0. The van der Waals surface area contributed by atoms with Crippen molar-refractivity contribution < 1.29 is 21.3 Å². The van der Waals surface area contributed by atoms with Crippen molar-refractivity contribution in [1.82, 2.24) is 0 Å². The van der Waals surface area contributed by atoms with Gasteiger partial charge < -0.3 is 4.79 Å². The Labute approximate surface area is 64.0 Å². The van der Waals surface area contributed by atoms with Crippen LogP contribution >= 0.6 is 0 Å². The quantitative estimate of drug-likeness (QED) is 0.449. The maximum atomic E-state index is 9.88. The average Bonchev–Trinajstić information content (AvgIpc) is 1.90. The maximum absolute atomic E-state index is 9.88. The Balaban J connectivity index is 0.000000640. The third-order valence-corrected chi connectivity index (χ3v) is 0.892. The van der Waals surface area contributed by atoms with E-state index >= 15 is 0 Å². The first-order valence-corrected chi connectivity index (χ1v) is 2.36. The van der Waals surface area contributed by atoms with Crippen LogP contribution in [0.25, 0.3) is 0 Å². The van der Waals surface area contributed by atoms with Crippen LogP contribution in [0.15, 0.2) is 30.3 Å². The first-order valence-electron chi connectivity index (χ1n) is 2.36. The van der Waals surface area contributed by atoms with Crippen molar-refractivity contribution in [1.29, 1.82) is 0 Å². The van der Waals surface area contributed by atoms with Gasteiger partial charge in [-0.1, -0.05) is 6.07 Å². The van der Waals surface area contributed by atoms with Gasteiger partial charge in [0.25, 0.3) is 0 Å². The topological polar surface area (TPSA) is 17.1 Å². The van der Waals surface area contributed by atoms with Gasteiger partial charge in [-0.25, -0.2) is 0 Å². The molecule has 0 heterocycles. The van der Waals surface area contributed by atoms with Crippen molar-refractivity contribution in [3.63, 3.8) is 0 Å². The van der Waals surface area contributed by atoms with Crippen molar-refractivity contribution in [2.75, 3.05) is 0 Å². The molecule has 48 valence electrons. The third-order valence-electron chi connectivity index (χ3n) is 0.892. The van der Waals surface area contributed by atoms with Crippen LogP contribution in [0.2, 0.25) is 0 Å². The van der Waals surface area contributed by atoms with Crippen LogP contribution in [-0.4, -0.2) is 6.29 Å².